The van der Waals surface area contributed by atoms with Crippen molar-refractivity contribution in [1.29, 1.82) is 0 Å². The van der Waals surface area contributed by atoms with Gasteiger partial charge >= 0.3 is 0 Å². The van der Waals surface area contributed by atoms with Gasteiger partial charge in [0.1, 0.15) is 0 Å². The SMILES string of the molecule is O=S(=O)(c1ccccc1)S(=O)(=O)c1ccc(Cl)cc1. The topological polar surface area (TPSA) is 68.3 Å². The molecule has 0 aliphatic rings. The second-order valence-electron chi connectivity index (χ2n) is 3.68. The Balaban J connectivity index is 2.60. The summed E-state index contributed by atoms with van der Waals surface area (Å²) in [7, 11) is -8.97. The number of hydrogen-bond donors (Lipinski definition) is 0. The van der Waals surface area contributed by atoms with E-state index in [4.69, 9.17) is 11.6 Å². The Morgan fingerprint density at radius 1 is 0.632 bits per heavy atom. The third kappa shape index (κ3) is 2.51. The highest BCUT2D eigenvalue weighted by Gasteiger charge is 2.33. The maximum Gasteiger partial charge on any atom is 0.286 e. The third-order valence-electron chi connectivity index (χ3n) is 2.42. The van der Waals surface area contributed by atoms with Gasteiger partial charge in [-0.3, -0.25) is 0 Å². The minimum Gasteiger partial charge on any atom is -0.207 e. The molecule has 7 heteroatoms. The third-order valence-corrected chi connectivity index (χ3v) is 7.84. The fourth-order valence-corrected chi connectivity index (χ4v) is 5.22. The van der Waals surface area contributed by atoms with Crippen LogP contribution < -0.4 is 0 Å². The first-order valence-electron chi connectivity index (χ1n) is 5.16. The van der Waals surface area contributed by atoms with E-state index in [1.807, 2.05) is 0 Å². The lowest BCUT2D eigenvalue weighted by atomic mass is 10.4. The second kappa shape index (κ2) is 4.96. The molecule has 0 amide bonds. The van der Waals surface area contributed by atoms with Crippen molar-refractivity contribution in [2.75, 3.05) is 0 Å². The molecule has 19 heavy (non-hydrogen) atoms. The molecule has 0 aromatic heterocycles. The standard InChI is InChI=1S/C12H9ClO4S2/c13-10-6-8-12(9-7-10)19(16,17)18(14,15)11-4-2-1-3-5-11/h1-9H. The Labute approximate surface area is 115 Å². The van der Waals surface area contributed by atoms with Crippen LogP contribution in [0.1, 0.15) is 0 Å². The number of hydrogen-bond acceptors (Lipinski definition) is 4. The molecule has 2 aromatic rings. The molecule has 0 heterocycles. The zero-order valence-corrected chi connectivity index (χ0v) is 11.9. The Morgan fingerprint density at radius 2 is 1.05 bits per heavy atom. The summed E-state index contributed by atoms with van der Waals surface area (Å²) in [5.74, 6) is 0. The highest BCUT2D eigenvalue weighted by molar-refractivity contribution is 8.67. The van der Waals surface area contributed by atoms with Crippen molar-refractivity contribution in [3.05, 3.63) is 59.6 Å². The van der Waals surface area contributed by atoms with Gasteiger partial charge in [0.2, 0.25) is 0 Å². The van der Waals surface area contributed by atoms with Gasteiger partial charge in [-0.25, -0.2) is 16.8 Å². The van der Waals surface area contributed by atoms with E-state index < -0.39 is 17.7 Å². The van der Waals surface area contributed by atoms with Crippen LogP contribution in [0.3, 0.4) is 0 Å². The molecule has 0 radical (unpaired) electrons. The van der Waals surface area contributed by atoms with E-state index in [9.17, 15) is 16.8 Å². The average molecular weight is 317 g/mol. The molecule has 0 saturated heterocycles. The van der Waals surface area contributed by atoms with E-state index in [0.717, 1.165) is 12.1 Å². The van der Waals surface area contributed by atoms with Crippen LogP contribution in [0, 0.1) is 0 Å². The smallest absolute Gasteiger partial charge is 0.207 e. The Morgan fingerprint density at radius 3 is 1.53 bits per heavy atom. The summed E-state index contributed by atoms with van der Waals surface area (Å²) >= 11 is 5.65. The molecule has 0 spiro atoms. The van der Waals surface area contributed by atoms with Crippen molar-refractivity contribution in [2.24, 2.45) is 0 Å². The molecular weight excluding hydrogens is 308 g/mol. The lowest BCUT2D eigenvalue weighted by molar-refractivity contribution is 0.582. The minimum atomic E-state index is -4.49. The van der Waals surface area contributed by atoms with Crippen molar-refractivity contribution in [2.45, 2.75) is 9.79 Å². The summed E-state index contributed by atoms with van der Waals surface area (Å²) in [6.07, 6.45) is 0. The van der Waals surface area contributed by atoms with Crippen molar-refractivity contribution < 1.29 is 16.8 Å². The van der Waals surface area contributed by atoms with Crippen molar-refractivity contribution >= 4 is 29.3 Å². The fraction of sp³-hybridized carbons (Fsp3) is 0. The molecule has 100 valence electrons. The lowest BCUT2D eigenvalue weighted by Crippen LogP contribution is -2.15. The first kappa shape index (κ1) is 14.0. The molecule has 2 aromatic carbocycles. The highest BCUT2D eigenvalue weighted by atomic mass is 35.5. The summed E-state index contributed by atoms with van der Waals surface area (Å²) < 4.78 is 48.5. The average Bonchev–Trinajstić information content (AvgIpc) is 2.40. The summed E-state index contributed by atoms with van der Waals surface area (Å²) in [5.41, 5.74) is 0. The molecule has 0 aliphatic carbocycles. The molecule has 0 N–H and O–H groups in total. The predicted molar refractivity (Wildman–Crippen MR) is 72.3 cm³/mol. The van der Waals surface area contributed by atoms with Gasteiger partial charge < -0.3 is 0 Å². The molecule has 2 rings (SSSR count). The van der Waals surface area contributed by atoms with Crippen molar-refractivity contribution in [1.82, 2.24) is 0 Å². The van der Waals surface area contributed by atoms with Gasteiger partial charge in [0.05, 0.1) is 9.79 Å². The van der Waals surface area contributed by atoms with Crippen LogP contribution in [-0.4, -0.2) is 16.8 Å². The molecule has 0 atom stereocenters. The lowest BCUT2D eigenvalue weighted by Gasteiger charge is -2.06. The molecule has 0 saturated carbocycles. The zero-order valence-electron chi connectivity index (χ0n) is 9.52. The summed E-state index contributed by atoms with van der Waals surface area (Å²) in [6, 6.07) is 12.0. The Bertz CT molecular complexity index is 779. The van der Waals surface area contributed by atoms with Crippen LogP contribution in [-0.2, 0) is 17.7 Å². The van der Waals surface area contributed by atoms with E-state index in [-0.39, 0.29) is 9.79 Å². The second-order valence-corrected chi connectivity index (χ2v) is 9.50. The van der Waals surface area contributed by atoms with Crippen molar-refractivity contribution in [3.63, 3.8) is 0 Å². The monoisotopic (exact) mass is 316 g/mol. The van der Waals surface area contributed by atoms with E-state index in [0.29, 0.717) is 5.02 Å². The Hall–Kier alpha value is -1.37. The predicted octanol–water partition coefficient (Wildman–Crippen LogP) is 2.50. The molecule has 0 aliphatic heterocycles. The minimum absolute atomic E-state index is 0.259. The number of benzene rings is 2. The number of rotatable bonds is 3. The van der Waals surface area contributed by atoms with Gasteiger partial charge in [-0.2, -0.15) is 0 Å². The summed E-state index contributed by atoms with van der Waals surface area (Å²) in [6.45, 7) is 0. The van der Waals surface area contributed by atoms with Crippen LogP contribution in [0.2, 0.25) is 5.02 Å². The van der Waals surface area contributed by atoms with Crippen LogP contribution in [0.15, 0.2) is 64.4 Å². The van der Waals surface area contributed by atoms with Gasteiger partial charge in [0, 0.05) is 5.02 Å². The van der Waals surface area contributed by atoms with Crippen molar-refractivity contribution in [3.8, 4) is 0 Å². The first-order valence-corrected chi connectivity index (χ1v) is 9.02. The first-order chi connectivity index (χ1) is 8.85. The van der Waals surface area contributed by atoms with Gasteiger partial charge in [-0.15, -0.1) is 0 Å². The largest absolute Gasteiger partial charge is 0.286 e. The van der Waals surface area contributed by atoms with Gasteiger partial charge in [0.25, 0.3) is 17.7 Å². The summed E-state index contributed by atoms with van der Waals surface area (Å²) in [5, 5.41) is 0.330. The van der Waals surface area contributed by atoms with E-state index in [1.165, 1.54) is 36.4 Å². The molecule has 0 bridgehead atoms. The van der Waals surface area contributed by atoms with E-state index >= 15 is 0 Å². The van der Waals surface area contributed by atoms with Crippen LogP contribution >= 0.6 is 11.6 Å². The summed E-state index contributed by atoms with van der Waals surface area (Å²) in [4.78, 5) is -0.564. The Kier molecular flexibility index (Phi) is 3.66. The number of halogens is 1. The maximum atomic E-state index is 12.1. The van der Waals surface area contributed by atoms with Gasteiger partial charge in [-0.1, -0.05) is 29.8 Å². The van der Waals surface area contributed by atoms with E-state index in [2.05, 4.69) is 0 Å². The van der Waals surface area contributed by atoms with E-state index in [1.54, 1.807) is 6.07 Å². The van der Waals surface area contributed by atoms with Crippen LogP contribution in [0.5, 0.6) is 0 Å². The van der Waals surface area contributed by atoms with Gasteiger partial charge in [-0.05, 0) is 36.4 Å². The zero-order chi connectivity index (χ0) is 14.1. The highest BCUT2D eigenvalue weighted by Crippen LogP contribution is 2.25. The van der Waals surface area contributed by atoms with Crippen LogP contribution in [0.25, 0.3) is 0 Å². The van der Waals surface area contributed by atoms with Crippen LogP contribution in [0.4, 0.5) is 0 Å². The maximum absolute atomic E-state index is 12.1. The molecule has 4 nitrogen and oxygen atoms in total. The molecule has 0 unspecified atom stereocenters. The normalized spacial score (nSPS) is 12.3. The molecular formula is C12H9ClO4S2. The fourth-order valence-electron chi connectivity index (χ4n) is 1.44. The van der Waals surface area contributed by atoms with Gasteiger partial charge in [0.15, 0.2) is 0 Å². The quantitative estimate of drug-likeness (QED) is 0.816. The molecule has 0 fully saturated rings.